The quantitative estimate of drug-likeness (QED) is 0.850. The number of nitrogens with zero attached hydrogens (tertiary/aromatic N) is 2. The van der Waals surface area contributed by atoms with Gasteiger partial charge in [-0.2, -0.15) is 0 Å². The van der Waals surface area contributed by atoms with Crippen LogP contribution in [0.4, 0.5) is 5.69 Å². The first-order chi connectivity index (χ1) is 12.6. The molecular formula is C20H27N3O3. The predicted molar refractivity (Wildman–Crippen MR) is 99.8 cm³/mol. The zero-order valence-electron chi connectivity index (χ0n) is 15.4. The summed E-state index contributed by atoms with van der Waals surface area (Å²) in [6, 6.07) is 6.94. The monoisotopic (exact) mass is 357 g/mol. The molecule has 0 spiro atoms. The van der Waals surface area contributed by atoms with E-state index in [0.717, 1.165) is 38.6 Å². The Hall–Kier alpha value is -2.37. The zero-order valence-corrected chi connectivity index (χ0v) is 15.4. The van der Waals surface area contributed by atoms with Gasteiger partial charge in [0.1, 0.15) is 6.54 Å². The SMILES string of the molecule is CCCCN1CCN(C(=O)c2ccc(NC(=O)C3CCC3)cc2)CC1=O. The Morgan fingerprint density at radius 1 is 1.15 bits per heavy atom. The number of piperazine rings is 1. The number of benzene rings is 1. The van der Waals surface area contributed by atoms with Gasteiger partial charge < -0.3 is 15.1 Å². The second-order valence-electron chi connectivity index (χ2n) is 7.16. The standard InChI is InChI=1S/C20H27N3O3/c1-2-3-11-22-12-13-23(14-18(22)24)20(26)16-7-9-17(10-8-16)21-19(25)15-5-4-6-15/h7-10,15H,2-6,11-14H2,1H3,(H,21,25). The number of unbranched alkanes of at least 4 members (excludes halogenated alkanes) is 1. The number of amides is 3. The van der Waals surface area contributed by atoms with Crippen LogP contribution >= 0.6 is 0 Å². The molecule has 1 aromatic carbocycles. The fourth-order valence-corrected chi connectivity index (χ4v) is 3.26. The van der Waals surface area contributed by atoms with Gasteiger partial charge in [0.25, 0.3) is 5.91 Å². The van der Waals surface area contributed by atoms with Crippen LogP contribution in [0.1, 0.15) is 49.4 Å². The van der Waals surface area contributed by atoms with Crippen molar-refractivity contribution in [2.75, 3.05) is 31.5 Å². The summed E-state index contributed by atoms with van der Waals surface area (Å²) in [5.74, 6) is 0.0724. The molecule has 1 aliphatic carbocycles. The van der Waals surface area contributed by atoms with Crippen LogP contribution in [0.5, 0.6) is 0 Å². The lowest BCUT2D eigenvalue weighted by atomic mass is 9.85. The Kier molecular flexibility index (Phi) is 5.91. The molecule has 26 heavy (non-hydrogen) atoms. The summed E-state index contributed by atoms with van der Waals surface area (Å²) in [7, 11) is 0. The molecule has 3 amide bonds. The fourth-order valence-electron chi connectivity index (χ4n) is 3.26. The van der Waals surface area contributed by atoms with E-state index in [4.69, 9.17) is 0 Å². The maximum Gasteiger partial charge on any atom is 0.254 e. The van der Waals surface area contributed by atoms with E-state index in [2.05, 4.69) is 12.2 Å². The van der Waals surface area contributed by atoms with Gasteiger partial charge in [0.05, 0.1) is 0 Å². The summed E-state index contributed by atoms with van der Waals surface area (Å²) >= 11 is 0. The average Bonchev–Trinajstić information content (AvgIpc) is 2.59. The lowest BCUT2D eigenvalue weighted by molar-refractivity contribution is -0.135. The Morgan fingerprint density at radius 3 is 2.46 bits per heavy atom. The highest BCUT2D eigenvalue weighted by Crippen LogP contribution is 2.27. The molecule has 1 aliphatic heterocycles. The highest BCUT2D eigenvalue weighted by atomic mass is 16.2. The van der Waals surface area contributed by atoms with Crippen LogP contribution in [-0.4, -0.2) is 53.7 Å². The van der Waals surface area contributed by atoms with Crippen LogP contribution in [-0.2, 0) is 9.59 Å². The van der Waals surface area contributed by atoms with Crippen LogP contribution in [0.3, 0.4) is 0 Å². The number of anilines is 1. The first-order valence-corrected chi connectivity index (χ1v) is 9.56. The van der Waals surface area contributed by atoms with E-state index < -0.39 is 0 Å². The first-order valence-electron chi connectivity index (χ1n) is 9.56. The van der Waals surface area contributed by atoms with Gasteiger partial charge in [0, 0.05) is 36.8 Å². The molecule has 2 fully saturated rings. The summed E-state index contributed by atoms with van der Waals surface area (Å²) in [4.78, 5) is 40.3. The van der Waals surface area contributed by atoms with E-state index in [1.165, 1.54) is 0 Å². The van der Waals surface area contributed by atoms with Gasteiger partial charge in [-0.1, -0.05) is 19.8 Å². The maximum absolute atomic E-state index is 12.6. The molecule has 1 aromatic rings. The average molecular weight is 357 g/mol. The summed E-state index contributed by atoms with van der Waals surface area (Å²) in [6.45, 7) is 4.17. The molecule has 2 aliphatic rings. The fraction of sp³-hybridized carbons (Fsp3) is 0.550. The Bertz CT molecular complexity index is 667. The highest BCUT2D eigenvalue weighted by molar-refractivity contribution is 5.98. The highest BCUT2D eigenvalue weighted by Gasteiger charge is 2.28. The van der Waals surface area contributed by atoms with E-state index in [-0.39, 0.29) is 30.2 Å². The van der Waals surface area contributed by atoms with Crippen molar-refractivity contribution in [1.29, 1.82) is 0 Å². The van der Waals surface area contributed by atoms with Crippen molar-refractivity contribution in [2.45, 2.75) is 39.0 Å². The number of carbonyl (C=O) groups is 3. The Balaban J connectivity index is 1.54. The number of rotatable bonds is 6. The third-order valence-electron chi connectivity index (χ3n) is 5.26. The second kappa shape index (κ2) is 8.34. The van der Waals surface area contributed by atoms with Crippen molar-refractivity contribution >= 4 is 23.4 Å². The zero-order chi connectivity index (χ0) is 18.5. The molecule has 0 radical (unpaired) electrons. The van der Waals surface area contributed by atoms with Crippen molar-refractivity contribution < 1.29 is 14.4 Å². The molecule has 0 bridgehead atoms. The second-order valence-corrected chi connectivity index (χ2v) is 7.16. The normalized spacial score (nSPS) is 17.8. The molecule has 1 saturated heterocycles. The summed E-state index contributed by atoms with van der Waals surface area (Å²) in [6.07, 6.45) is 5.08. The Labute approximate surface area is 154 Å². The molecule has 0 unspecified atom stereocenters. The van der Waals surface area contributed by atoms with E-state index in [1.807, 2.05) is 4.90 Å². The van der Waals surface area contributed by atoms with Crippen molar-refractivity contribution in [3.63, 3.8) is 0 Å². The van der Waals surface area contributed by atoms with Gasteiger partial charge in [-0.3, -0.25) is 14.4 Å². The molecule has 6 nitrogen and oxygen atoms in total. The maximum atomic E-state index is 12.6. The molecule has 3 rings (SSSR count). The number of carbonyl (C=O) groups excluding carboxylic acids is 3. The number of nitrogens with one attached hydrogen (secondary N) is 1. The smallest absolute Gasteiger partial charge is 0.254 e. The van der Waals surface area contributed by atoms with E-state index in [1.54, 1.807) is 29.2 Å². The number of hydrogen-bond acceptors (Lipinski definition) is 3. The molecule has 6 heteroatoms. The van der Waals surface area contributed by atoms with Gasteiger partial charge in [-0.15, -0.1) is 0 Å². The lowest BCUT2D eigenvalue weighted by Crippen LogP contribution is -2.52. The van der Waals surface area contributed by atoms with Crippen molar-refractivity contribution in [3.05, 3.63) is 29.8 Å². The lowest BCUT2D eigenvalue weighted by Gasteiger charge is -2.34. The van der Waals surface area contributed by atoms with E-state index >= 15 is 0 Å². The van der Waals surface area contributed by atoms with Crippen LogP contribution in [0.2, 0.25) is 0 Å². The van der Waals surface area contributed by atoms with Crippen LogP contribution in [0.25, 0.3) is 0 Å². The molecule has 140 valence electrons. The minimum Gasteiger partial charge on any atom is -0.339 e. The molecule has 1 saturated carbocycles. The van der Waals surface area contributed by atoms with Crippen LogP contribution in [0, 0.1) is 5.92 Å². The van der Waals surface area contributed by atoms with E-state index in [0.29, 0.717) is 24.3 Å². The topological polar surface area (TPSA) is 69.7 Å². The first kappa shape index (κ1) is 18.4. The van der Waals surface area contributed by atoms with Gasteiger partial charge in [-0.05, 0) is 43.5 Å². The predicted octanol–water partition coefficient (Wildman–Crippen LogP) is 2.51. The van der Waals surface area contributed by atoms with Gasteiger partial charge in [0.15, 0.2) is 0 Å². The van der Waals surface area contributed by atoms with Gasteiger partial charge in [-0.25, -0.2) is 0 Å². The summed E-state index contributed by atoms with van der Waals surface area (Å²) in [5, 5.41) is 2.90. The molecule has 1 heterocycles. The van der Waals surface area contributed by atoms with Crippen molar-refractivity contribution in [1.82, 2.24) is 9.80 Å². The largest absolute Gasteiger partial charge is 0.339 e. The molecule has 0 atom stereocenters. The minimum atomic E-state index is -0.134. The number of hydrogen-bond donors (Lipinski definition) is 1. The van der Waals surface area contributed by atoms with Crippen LogP contribution < -0.4 is 5.32 Å². The molecule has 1 N–H and O–H groups in total. The molecule has 0 aromatic heterocycles. The summed E-state index contributed by atoms with van der Waals surface area (Å²) < 4.78 is 0. The third-order valence-corrected chi connectivity index (χ3v) is 5.26. The minimum absolute atomic E-state index is 0.0161. The Morgan fingerprint density at radius 2 is 1.88 bits per heavy atom. The third kappa shape index (κ3) is 4.23. The van der Waals surface area contributed by atoms with Crippen molar-refractivity contribution in [3.8, 4) is 0 Å². The summed E-state index contributed by atoms with van der Waals surface area (Å²) in [5.41, 5.74) is 1.25. The molecular weight excluding hydrogens is 330 g/mol. The van der Waals surface area contributed by atoms with Crippen molar-refractivity contribution in [2.24, 2.45) is 5.92 Å². The van der Waals surface area contributed by atoms with Gasteiger partial charge in [0.2, 0.25) is 11.8 Å². The van der Waals surface area contributed by atoms with Gasteiger partial charge >= 0.3 is 0 Å². The van der Waals surface area contributed by atoms with E-state index in [9.17, 15) is 14.4 Å². The van der Waals surface area contributed by atoms with Crippen LogP contribution in [0.15, 0.2) is 24.3 Å².